The maximum Gasteiger partial charge on any atom is 0.333 e. The highest BCUT2D eigenvalue weighted by Crippen LogP contribution is 2.32. The monoisotopic (exact) mass is 505 g/mol. The number of nitrogens with zero attached hydrogens (tertiary/aromatic N) is 3. The van der Waals surface area contributed by atoms with Crippen LogP contribution < -0.4 is 16.0 Å². The molecule has 1 aromatic carbocycles. The Labute approximate surface area is 200 Å². The molecule has 4 N–H and O–H groups in total. The summed E-state index contributed by atoms with van der Waals surface area (Å²) in [4.78, 5) is 47.8. The summed E-state index contributed by atoms with van der Waals surface area (Å²) in [5, 5.41) is 20.6. The molecule has 13 heteroatoms. The summed E-state index contributed by atoms with van der Waals surface area (Å²) >= 11 is 0. The van der Waals surface area contributed by atoms with E-state index in [1.807, 2.05) is 24.3 Å². The fourth-order valence-corrected chi connectivity index (χ4v) is 4.10. The van der Waals surface area contributed by atoms with Crippen LogP contribution >= 0.6 is 8.60 Å². The second kappa shape index (κ2) is 10.8. The first-order chi connectivity index (χ1) is 16.8. The van der Waals surface area contributed by atoms with Crippen LogP contribution in [0.25, 0.3) is 11.1 Å². The van der Waals surface area contributed by atoms with Gasteiger partial charge in [0.05, 0.1) is 26.0 Å². The molecule has 186 valence electrons. The van der Waals surface area contributed by atoms with Crippen LogP contribution in [-0.2, 0) is 15.8 Å². The fourth-order valence-electron chi connectivity index (χ4n) is 3.82. The van der Waals surface area contributed by atoms with Crippen LogP contribution in [0.15, 0.2) is 64.4 Å². The number of pyridine rings is 1. The molecule has 1 aliphatic rings. The molecule has 3 heterocycles. The molecule has 0 saturated carbocycles. The molecule has 1 saturated heterocycles. The predicted molar refractivity (Wildman–Crippen MR) is 124 cm³/mol. The molecule has 0 bridgehead atoms. The largest absolute Gasteiger partial charge is 0.497 e. The van der Waals surface area contributed by atoms with Gasteiger partial charge in [-0.15, -0.1) is 0 Å². The number of hydrogen-bond donors (Lipinski definition) is 4. The van der Waals surface area contributed by atoms with Crippen molar-refractivity contribution in [2.75, 3.05) is 13.7 Å². The summed E-state index contributed by atoms with van der Waals surface area (Å²) in [6, 6.07) is 12.1. The third-order valence-electron chi connectivity index (χ3n) is 5.60. The molecule has 4 rings (SSSR count). The zero-order valence-electron chi connectivity index (χ0n) is 18.5. The highest BCUT2D eigenvalue weighted by atomic mass is 31.2. The normalized spacial score (nSPS) is 22.0. The van der Waals surface area contributed by atoms with Crippen LogP contribution in [0.4, 0.5) is 0 Å². The van der Waals surface area contributed by atoms with Crippen molar-refractivity contribution in [1.29, 1.82) is 0 Å². The lowest BCUT2D eigenvalue weighted by Crippen LogP contribution is -2.43. The van der Waals surface area contributed by atoms with Crippen LogP contribution in [0.3, 0.4) is 0 Å². The molecular formula is C22H24N3O9P. The van der Waals surface area contributed by atoms with Gasteiger partial charge in [0.15, 0.2) is 6.23 Å². The summed E-state index contributed by atoms with van der Waals surface area (Å²) in [5.41, 5.74) is 0.756. The van der Waals surface area contributed by atoms with Crippen molar-refractivity contribution in [3.05, 3.63) is 81.4 Å². The third-order valence-corrected chi connectivity index (χ3v) is 5.98. The van der Waals surface area contributed by atoms with Crippen molar-refractivity contribution in [3.8, 4) is 16.9 Å². The minimum absolute atomic E-state index is 0.145. The first-order valence-electron chi connectivity index (χ1n) is 10.5. The zero-order valence-corrected chi connectivity index (χ0v) is 19.4. The molecule has 12 nitrogen and oxygen atoms in total. The Morgan fingerprint density at radius 1 is 1.09 bits per heavy atom. The molecular weight excluding hydrogens is 481 g/mol. The average Bonchev–Trinajstić information content (AvgIpc) is 3.14. The molecule has 3 aromatic rings. The van der Waals surface area contributed by atoms with Gasteiger partial charge >= 0.3 is 14.3 Å². The van der Waals surface area contributed by atoms with Gasteiger partial charge in [0.1, 0.15) is 24.1 Å². The van der Waals surface area contributed by atoms with E-state index < -0.39 is 51.0 Å². The van der Waals surface area contributed by atoms with Gasteiger partial charge in [0.2, 0.25) is 0 Å². The smallest absolute Gasteiger partial charge is 0.333 e. The Bertz CT molecular complexity index is 1300. The van der Waals surface area contributed by atoms with Crippen molar-refractivity contribution < 1.29 is 34.0 Å². The standard InChI is InChI=1S/C22H24N3O9P/c1-32-16-4-2-3-13(10-16)14-5-7-23-15(9-14)11-25-18(26)6-8-24(22(25)29)21-20(28)19(27)17(34-21)12-33-35(30)31/h2-10,17,19-21,27-28,30-31H,11-12H2,1H3. The molecule has 0 radical (unpaired) electrons. The van der Waals surface area contributed by atoms with E-state index in [9.17, 15) is 19.8 Å². The van der Waals surface area contributed by atoms with Gasteiger partial charge in [0.25, 0.3) is 5.56 Å². The van der Waals surface area contributed by atoms with Gasteiger partial charge in [-0.25, -0.2) is 4.79 Å². The van der Waals surface area contributed by atoms with Crippen molar-refractivity contribution in [1.82, 2.24) is 14.1 Å². The number of aliphatic hydroxyl groups excluding tert-OH is 2. The highest BCUT2D eigenvalue weighted by molar-refractivity contribution is 7.39. The molecule has 35 heavy (non-hydrogen) atoms. The third kappa shape index (κ3) is 5.49. The summed E-state index contributed by atoms with van der Waals surface area (Å²) in [5.74, 6) is 0.679. The Morgan fingerprint density at radius 3 is 2.60 bits per heavy atom. The minimum atomic E-state index is -2.69. The van der Waals surface area contributed by atoms with E-state index in [1.54, 1.807) is 25.4 Å². The van der Waals surface area contributed by atoms with Crippen LogP contribution in [0, 0.1) is 0 Å². The minimum Gasteiger partial charge on any atom is -0.497 e. The number of benzene rings is 1. The molecule has 1 aliphatic heterocycles. The quantitative estimate of drug-likeness (QED) is 0.306. The van der Waals surface area contributed by atoms with Crippen molar-refractivity contribution in [2.24, 2.45) is 0 Å². The van der Waals surface area contributed by atoms with E-state index in [0.717, 1.165) is 32.5 Å². The first-order valence-corrected chi connectivity index (χ1v) is 11.7. The van der Waals surface area contributed by atoms with Crippen molar-refractivity contribution in [3.63, 3.8) is 0 Å². The molecule has 0 amide bonds. The molecule has 0 aliphatic carbocycles. The first kappa shape index (κ1) is 25.1. The average molecular weight is 505 g/mol. The summed E-state index contributed by atoms with van der Waals surface area (Å²) in [7, 11) is -1.12. The lowest BCUT2D eigenvalue weighted by molar-refractivity contribution is -0.0531. The fraction of sp³-hybridized carbons (Fsp3) is 0.318. The van der Waals surface area contributed by atoms with Crippen LogP contribution in [-0.4, -0.2) is 66.1 Å². The number of ether oxygens (including phenoxy) is 2. The number of methoxy groups -OCH3 is 1. The number of rotatable bonds is 8. The van der Waals surface area contributed by atoms with Gasteiger partial charge in [0, 0.05) is 18.5 Å². The summed E-state index contributed by atoms with van der Waals surface area (Å²) in [6.45, 7) is -0.559. The SMILES string of the molecule is COc1cccc(-c2ccnc(Cn3c(=O)ccn(C4OC(COP(O)O)C(O)C4O)c3=O)c2)c1. The summed E-state index contributed by atoms with van der Waals surface area (Å²) < 4.78 is 17.4. The van der Waals surface area contributed by atoms with Crippen LogP contribution in [0.5, 0.6) is 5.75 Å². The molecule has 4 atom stereocenters. The van der Waals surface area contributed by atoms with E-state index in [-0.39, 0.29) is 6.54 Å². The molecule has 2 aromatic heterocycles. The van der Waals surface area contributed by atoms with Crippen LogP contribution in [0.2, 0.25) is 0 Å². The molecule has 4 unspecified atom stereocenters. The van der Waals surface area contributed by atoms with E-state index >= 15 is 0 Å². The Kier molecular flexibility index (Phi) is 7.72. The molecule has 1 fully saturated rings. The van der Waals surface area contributed by atoms with Gasteiger partial charge in [-0.2, -0.15) is 0 Å². The Morgan fingerprint density at radius 2 is 1.86 bits per heavy atom. The van der Waals surface area contributed by atoms with Crippen molar-refractivity contribution >= 4 is 8.60 Å². The Hall–Kier alpha value is -2.96. The lowest BCUT2D eigenvalue weighted by Gasteiger charge is -2.18. The van der Waals surface area contributed by atoms with E-state index in [2.05, 4.69) is 9.51 Å². The number of aliphatic hydroxyl groups is 2. The predicted octanol–water partition coefficient (Wildman–Crippen LogP) is -0.0238. The van der Waals surface area contributed by atoms with E-state index in [1.165, 1.54) is 0 Å². The molecule has 0 spiro atoms. The second-order valence-corrected chi connectivity index (χ2v) is 8.56. The number of aromatic nitrogens is 3. The maximum atomic E-state index is 13.1. The Balaban J connectivity index is 1.61. The highest BCUT2D eigenvalue weighted by Gasteiger charge is 2.44. The van der Waals surface area contributed by atoms with Gasteiger partial charge in [-0.1, -0.05) is 12.1 Å². The van der Waals surface area contributed by atoms with E-state index in [0.29, 0.717) is 11.4 Å². The van der Waals surface area contributed by atoms with Crippen LogP contribution in [0.1, 0.15) is 11.9 Å². The van der Waals surface area contributed by atoms with Gasteiger partial charge in [-0.3, -0.25) is 18.9 Å². The maximum absolute atomic E-state index is 13.1. The lowest BCUT2D eigenvalue weighted by atomic mass is 10.1. The number of hydrogen-bond acceptors (Lipinski definition) is 10. The summed E-state index contributed by atoms with van der Waals surface area (Å²) in [6.07, 6.45) is -2.69. The second-order valence-electron chi connectivity index (χ2n) is 7.79. The van der Waals surface area contributed by atoms with E-state index in [4.69, 9.17) is 19.3 Å². The zero-order chi connectivity index (χ0) is 25.1. The topological polar surface area (TPSA) is 166 Å². The van der Waals surface area contributed by atoms with Gasteiger partial charge < -0.3 is 34.0 Å². The van der Waals surface area contributed by atoms with Gasteiger partial charge in [-0.05, 0) is 35.4 Å². The van der Waals surface area contributed by atoms with Crippen molar-refractivity contribution in [2.45, 2.75) is 31.1 Å².